The topological polar surface area (TPSA) is 284 Å². The first-order valence-corrected chi connectivity index (χ1v) is 16.6. The van der Waals surface area contributed by atoms with Gasteiger partial charge in [0, 0.05) is 51.4 Å². The number of fused-ring (bicyclic) bond motifs is 3. The van der Waals surface area contributed by atoms with Gasteiger partial charge in [0.1, 0.15) is 70.8 Å². The van der Waals surface area contributed by atoms with Crippen molar-refractivity contribution in [2.45, 2.75) is 61.7 Å². The SMILES string of the molecule is C=S1(=O)O[C@@H]2[C@H](O)C3=C(C(=O)c4cc(OC)cc(O)c4C3=O)[C@@H](O)[C@]2(C)O1.COc1cc(O)c2c(c1)C(=O)C1=C(C2=O)[C@@H](O)[C@@H](O)[C@@](C)(O)[C@@H]1O. The second-order valence-electron chi connectivity index (χ2n) is 12.8. The number of carbonyl (C=O) groups is 4. The van der Waals surface area contributed by atoms with E-state index >= 15 is 0 Å². The normalized spacial score (nSPS) is 35.3. The van der Waals surface area contributed by atoms with E-state index in [-0.39, 0.29) is 33.8 Å². The van der Waals surface area contributed by atoms with Crippen molar-refractivity contribution >= 4 is 39.1 Å². The van der Waals surface area contributed by atoms with Gasteiger partial charge in [0.05, 0.1) is 25.3 Å². The van der Waals surface area contributed by atoms with E-state index in [0.29, 0.717) is 0 Å². The number of aliphatic hydroxyl groups is 6. The van der Waals surface area contributed by atoms with E-state index in [4.69, 9.17) is 17.8 Å². The molecule has 1 unspecified atom stereocenters. The Kier molecular flexibility index (Phi) is 8.38. The van der Waals surface area contributed by atoms with Crippen molar-refractivity contribution in [2.24, 2.45) is 0 Å². The van der Waals surface area contributed by atoms with Crippen molar-refractivity contribution in [3.8, 4) is 23.0 Å². The molecule has 1 fully saturated rings. The maximum Gasteiger partial charge on any atom is 0.199 e. The Morgan fingerprint density at radius 2 is 1.14 bits per heavy atom. The van der Waals surface area contributed by atoms with Crippen molar-refractivity contribution in [3.63, 3.8) is 0 Å². The molecule has 0 aromatic heterocycles. The van der Waals surface area contributed by atoms with Gasteiger partial charge in [-0.05, 0) is 26.0 Å². The van der Waals surface area contributed by atoms with Crippen LogP contribution in [-0.4, -0.2) is 136 Å². The fraction of sp³-hybridized carbons (Fsp3) is 0.364. The summed E-state index contributed by atoms with van der Waals surface area (Å²) in [6.07, 6.45) is -10.5. The van der Waals surface area contributed by atoms with Gasteiger partial charge < -0.3 is 50.3 Å². The molecule has 0 amide bonds. The molecule has 51 heavy (non-hydrogen) atoms. The first kappa shape index (κ1) is 36.3. The molecule has 7 rings (SSSR count). The first-order valence-electron chi connectivity index (χ1n) is 15.0. The molecule has 2 aromatic carbocycles. The number of hydrogen-bond acceptors (Lipinski definition) is 17. The van der Waals surface area contributed by atoms with E-state index in [1.54, 1.807) is 0 Å². The number of hydrogen-bond donors (Lipinski definition) is 8. The number of phenolic OH excluding ortho intramolecular Hbond substituents is 2. The average Bonchev–Trinajstić information content (AvgIpc) is 3.34. The molecule has 1 heterocycles. The number of rotatable bonds is 2. The highest BCUT2D eigenvalue weighted by atomic mass is 32.2. The molecule has 9 atom stereocenters. The van der Waals surface area contributed by atoms with Crippen LogP contribution in [0.3, 0.4) is 0 Å². The first-order chi connectivity index (χ1) is 23.6. The van der Waals surface area contributed by atoms with Crippen LogP contribution in [-0.2, 0) is 18.4 Å². The number of phenols is 2. The van der Waals surface area contributed by atoms with Gasteiger partial charge in [-0.25, -0.2) is 4.21 Å². The summed E-state index contributed by atoms with van der Waals surface area (Å²) >= 11 is 0. The monoisotopic (exact) mass is 732 g/mol. The Hall–Kier alpha value is -4.50. The minimum Gasteiger partial charge on any atom is -0.507 e. The number of aliphatic hydroxyl groups excluding tert-OH is 5. The van der Waals surface area contributed by atoms with Gasteiger partial charge in [-0.1, -0.05) is 0 Å². The van der Waals surface area contributed by atoms with Gasteiger partial charge in [-0.3, -0.25) is 27.5 Å². The van der Waals surface area contributed by atoms with Crippen LogP contribution in [0, 0.1) is 0 Å². The number of ether oxygens (including phenoxy) is 2. The molecule has 1 aliphatic heterocycles. The fourth-order valence-corrected chi connectivity index (χ4v) is 8.37. The number of ketones is 4. The Morgan fingerprint density at radius 1 is 0.706 bits per heavy atom. The third-order valence-electron chi connectivity index (χ3n) is 9.70. The molecule has 1 saturated heterocycles. The van der Waals surface area contributed by atoms with Gasteiger partial charge in [0.2, 0.25) is 0 Å². The van der Waals surface area contributed by atoms with E-state index in [1.165, 1.54) is 33.3 Å². The zero-order valence-electron chi connectivity index (χ0n) is 27.1. The summed E-state index contributed by atoms with van der Waals surface area (Å²) < 4.78 is 32.5. The summed E-state index contributed by atoms with van der Waals surface area (Å²) in [6, 6.07) is 4.76. The van der Waals surface area contributed by atoms with Crippen LogP contribution in [0.5, 0.6) is 23.0 Å². The van der Waals surface area contributed by atoms with Crippen molar-refractivity contribution in [1.29, 1.82) is 0 Å². The Balaban J connectivity index is 0.000000177. The molecule has 8 N–H and O–H groups in total. The zero-order chi connectivity index (χ0) is 37.9. The second-order valence-corrected chi connectivity index (χ2v) is 14.3. The van der Waals surface area contributed by atoms with E-state index in [2.05, 4.69) is 5.87 Å². The van der Waals surface area contributed by atoms with Crippen molar-refractivity contribution < 1.29 is 82.1 Å². The number of methoxy groups -OCH3 is 2. The van der Waals surface area contributed by atoms with E-state index < -0.39 is 115 Å². The van der Waals surface area contributed by atoms with Crippen LogP contribution in [0.15, 0.2) is 46.6 Å². The standard InChI is InChI=1S/C17H16O9S.C16H16O8/c1-17-15(22)11-10(14(21)16(17)25-27(3,23)26-17)13(20)9-7(12(11)19)4-6(24-2)5-8(9)18;1-16(23)14(21)10-9(13(20)15(16)22)12(19)8-6(11(10)18)3-5(24-2)4-7(8)17/h4-5,14-16,18,21-22H,3H2,1-2H3;3-4,13-15,17,20-23H,1-2H3/t14-,15-,16-,17+,27?;13-,14-,15-,16+/m11/s1. The quantitative estimate of drug-likeness (QED) is 0.162. The molecule has 5 aliphatic rings. The maximum atomic E-state index is 13.0. The Bertz CT molecular complexity index is 2130. The van der Waals surface area contributed by atoms with Gasteiger partial charge in [0.25, 0.3) is 0 Å². The lowest BCUT2D eigenvalue weighted by Crippen LogP contribution is -2.61. The van der Waals surface area contributed by atoms with Crippen LogP contribution in [0.2, 0.25) is 0 Å². The maximum absolute atomic E-state index is 13.0. The van der Waals surface area contributed by atoms with Gasteiger partial charge in [0.15, 0.2) is 33.2 Å². The summed E-state index contributed by atoms with van der Waals surface area (Å²) in [5, 5.41) is 82.3. The summed E-state index contributed by atoms with van der Waals surface area (Å²) in [5.74, 6) is -0.900. The number of Topliss-reactive ketones (excluding diaryl/α,β-unsaturated/α-hetero) is 4. The van der Waals surface area contributed by atoms with Gasteiger partial charge in [-0.2, -0.15) is 0 Å². The summed E-state index contributed by atoms with van der Waals surface area (Å²) in [5.41, 5.74) is -6.90. The van der Waals surface area contributed by atoms with Crippen LogP contribution in [0.4, 0.5) is 0 Å². The number of carbonyl (C=O) groups excluding carboxylic acids is 4. The predicted octanol–water partition coefficient (Wildman–Crippen LogP) is -1.54. The van der Waals surface area contributed by atoms with Crippen LogP contribution >= 0.6 is 0 Å². The number of aromatic hydroxyl groups is 2. The molecule has 272 valence electrons. The predicted molar refractivity (Wildman–Crippen MR) is 171 cm³/mol. The highest BCUT2D eigenvalue weighted by Gasteiger charge is 2.63. The molecule has 2 aromatic rings. The molecule has 0 bridgehead atoms. The molecule has 0 saturated carbocycles. The lowest BCUT2D eigenvalue weighted by molar-refractivity contribution is -0.158. The molecule has 4 aliphatic carbocycles. The van der Waals surface area contributed by atoms with Crippen LogP contribution < -0.4 is 9.47 Å². The molecule has 18 heteroatoms. The van der Waals surface area contributed by atoms with Crippen molar-refractivity contribution in [1.82, 2.24) is 0 Å². The minimum atomic E-state index is -3.56. The largest absolute Gasteiger partial charge is 0.507 e. The summed E-state index contributed by atoms with van der Waals surface area (Å²) in [7, 11) is -0.929. The zero-order valence-corrected chi connectivity index (χ0v) is 28.0. The second kappa shape index (κ2) is 11.8. The highest BCUT2D eigenvalue weighted by Crippen LogP contribution is 2.49. The molecule has 0 radical (unpaired) electrons. The number of benzene rings is 2. The molecule has 17 nitrogen and oxygen atoms in total. The Labute approximate surface area is 288 Å². The van der Waals surface area contributed by atoms with Crippen LogP contribution in [0.1, 0.15) is 55.3 Å². The highest BCUT2D eigenvalue weighted by molar-refractivity contribution is 7.91. The lowest BCUT2D eigenvalue weighted by Gasteiger charge is -2.43. The van der Waals surface area contributed by atoms with Crippen molar-refractivity contribution in [2.75, 3.05) is 14.2 Å². The summed E-state index contributed by atoms with van der Waals surface area (Å²) in [6.45, 7) is 2.36. The van der Waals surface area contributed by atoms with E-state index in [1.807, 2.05) is 0 Å². The average molecular weight is 733 g/mol. The lowest BCUT2D eigenvalue weighted by atomic mass is 9.68. The minimum absolute atomic E-state index is 0.120. The van der Waals surface area contributed by atoms with Gasteiger partial charge in [-0.15, -0.1) is 0 Å². The third kappa shape index (κ3) is 5.06. The molecular formula is C33H32O17S. The molecule has 0 spiro atoms. The van der Waals surface area contributed by atoms with Gasteiger partial charge >= 0.3 is 0 Å². The molecular weight excluding hydrogens is 700 g/mol. The smallest absolute Gasteiger partial charge is 0.199 e. The van der Waals surface area contributed by atoms with Crippen LogP contribution in [0.25, 0.3) is 0 Å². The summed E-state index contributed by atoms with van der Waals surface area (Å²) in [4.78, 5) is 51.4. The fourth-order valence-electron chi connectivity index (χ4n) is 6.98. The van der Waals surface area contributed by atoms with Crippen molar-refractivity contribution in [3.05, 3.63) is 68.8 Å². The van der Waals surface area contributed by atoms with E-state index in [9.17, 15) is 64.2 Å². The third-order valence-corrected chi connectivity index (χ3v) is 10.8. The van der Waals surface area contributed by atoms with E-state index in [0.717, 1.165) is 19.1 Å². The Morgan fingerprint density at radius 3 is 1.59 bits per heavy atom.